The number of rotatable bonds is 5. The van der Waals surface area contributed by atoms with Crippen LogP contribution in [0.15, 0.2) is 53.8 Å². The molecule has 0 bridgehead atoms. The van der Waals surface area contributed by atoms with E-state index in [4.69, 9.17) is 0 Å². The van der Waals surface area contributed by atoms with Crippen LogP contribution in [-0.2, 0) is 16.6 Å². The number of nitrogens with zero attached hydrogens (tertiary/aromatic N) is 4. The minimum Gasteiger partial charge on any atom is -0.281 e. The smallest absolute Gasteiger partial charge is 0.246 e. The van der Waals surface area contributed by atoms with Gasteiger partial charge in [0, 0.05) is 25.4 Å². The molecule has 0 unspecified atom stereocenters. The molecule has 2 aromatic heterocycles. The third kappa shape index (κ3) is 3.03. The van der Waals surface area contributed by atoms with E-state index >= 15 is 0 Å². The standard InChI is InChI=1S/C15H17N5O2S/c1-12-15(9-16-18-12)23(21,22)19(2)10-13-8-17-20(11-13)14-6-4-3-5-7-14/h3-9,11H,10H2,1-2H3,(H,16,18). The van der Waals surface area contributed by atoms with Gasteiger partial charge in [-0.15, -0.1) is 0 Å². The van der Waals surface area contributed by atoms with Crippen LogP contribution < -0.4 is 0 Å². The van der Waals surface area contributed by atoms with Gasteiger partial charge in [0.05, 0.1) is 23.8 Å². The molecule has 1 aromatic carbocycles. The van der Waals surface area contributed by atoms with Crippen molar-refractivity contribution in [2.24, 2.45) is 0 Å². The number of hydrogen-bond acceptors (Lipinski definition) is 4. The molecule has 3 rings (SSSR count). The Balaban J connectivity index is 1.80. The van der Waals surface area contributed by atoms with Gasteiger partial charge in [-0.3, -0.25) is 5.10 Å². The van der Waals surface area contributed by atoms with E-state index < -0.39 is 10.0 Å². The zero-order chi connectivity index (χ0) is 16.4. The van der Waals surface area contributed by atoms with Crippen molar-refractivity contribution in [3.05, 3.63) is 60.2 Å². The molecule has 0 atom stereocenters. The third-order valence-corrected chi connectivity index (χ3v) is 5.45. The van der Waals surface area contributed by atoms with Crippen molar-refractivity contribution < 1.29 is 8.42 Å². The average molecular weight is 331 g/mol. The lowest BCUT2D eigenvalue weighted by Crippen LogP contribution is -2.26. The summed E-state index contributed by atoms with van der Waals surface area (Å²) in [6.45, 7) is 1.92. The largest absolute Gasteiger partial charge is 0.281 e. The molecular weight excluding hydrogens is 314 g/mol. The van der Waals surface area contributed by atoms with E-state index in [-0.39, 0.29) is 11.4 Å². The monoisotopic (exact) mass is 331 g/mol. The van der Waals surface area contributed by atoms with Gasteiger partial charge in [-0.05, 0) is 19.1 Å². The second-order valence-electron chi connectivity index (χ2n) is 5.25. The zero-order valence-electron chi connectivity index (χ0n) is 12.8. The summed E-state index contributed by atoms with van der Waals surface area (Å²) in [6.07, 6.45) is 4.82. The minimum atomic E-state index is -3.58. The first-order chi connectivity index (χ1) is 11.0. The molecule has 8 heteroatoms. The van der Waals surface area contributed by atoms with Crippen LogP contribution in [0.3, 0.4) is 0 Å². The molecule has 0 radical (unpaired) electrons. The average Bonchev–Trinajstić information content (AvgIpc) is 3.17. The van der Waals surface area contributed by atoms with Gasteiger partial charge in [0.25, 0.3) is 0 Å². The van der Waals surface area contributed by atoms with Crippen LogP contribution in [0.4, 0.5) is 0 Å². The van der Waals surface area contributed by atoms with Crippen molar-refractivity contribution in [2.45, 2.75) is 18.4 Å². The van der Waals surface area contributed by atoms with Gasteiger partial charge in [0.2, 0.25) is 10.0 Å². The number of H-pyrrole nitrogens is 1. The van der Waals surface area contributed by atoms with Crippen molar-refractivity contribution in [3.8, 4) is 5.69 Å². The van der Waals surface area contributed by atoms with E-state index in [0.717, 1.165) is 11.3 Å². The molecule has 3 aromatic rings. The highest BCUT2D eigenvalue weighted by Crippen LogP contribution is 2.18. The molecule has 2 heterocycles. The van der Waals surface area contributed by atoms with E-state index in [9.17, 15) is 8.42 Å². The fraction of sp³-hybridized carbons (Fsp3) is 0.200. The maximum atomic E-state index is 12.5. The summed E-state index contributed by atoms with van der Waals surface area (Å²) in [5, 5.41) is 10.7. The molecule has 0 aliphatic carbocycles. The van der Waals surface area contributed by atoms with Crippen molar-refractivity contribution >= 4 is 10.0 Å². The summed E-state index contributed by atoms with van der Waals surface area (Å²) in [4.78, 5) is 0.190. The van der Waals surface area contributed by atoms with Gasteiger partial charge in [-0.25, -0.2) is 13.1 Å². The fourth-order valence-electron chi connectivity index (χ4n) is 2.27. The number of aryl methyl sites for hydroxylation is 1. The number of aromatic amines is 1. The quantitative estimate of drug-likeness (QED) is 0.771. The van der Waals surface area contributed by atoms with Crippen LogP contribution in [0.5, 0.6) is 0 Å². The van der Waals surface area contributed by atoms with Gasteiger partial charge in [0.15, 0.2) is 0 Å². The molecular formula is C15H17N5O2S. The first kappa shape index (κ1) is 15.4. The Hall–Kier alpha value is -2.45. The Labute approximate surface area is 134 Å². The molecule has 0 amide bonds. The maximum Gasteiger partial charge on any atom is 0.246 e. The Morgan fingerprint density at radius 1 is 1.22 bits per heavy atom. The van der Waals surface area contributed by atoms with Gasteiger partial charge in [-0.2, -0.15) is 14.5 Å². The fourth-order valence-corrected chi connectivity index (χ4v) is 3.55. The molecule has 1 N–H and O–H groups in total. The van der Waals surface area contributed by atoms with E-state index in [1.165, 1.54) is 10.5 Å². The first-order valence-corrected chi connectivity index (χ1v) is 8.48. The van der Waals surface area contributed by atoms with Crippen LogP contribution in [0.2, 0.25) is 0 Å². The van der Waals surface area contributed by atoms with Gasteiger partial charge >= 0.3 is 0 Å². The number of aromatic nitrogens is 4. The molecule has 120 valence electrons. The Kier molecular flexibility index (Phi) is 4.01. The summed E-state index contributed by atoms with van der Waals surface area (Å²) in [5.41, 5.74) is 2.26. The normalized spacial score (nSPS) is 12.0. The van der Waals surface area contributed by atoms with E-state index in [2.05, 4.69) is 15.3 Å². The number of para-hydroxylation sites is 1. The van der Waals surface area contributed by atoms with Crippen molar-refractivity contribution in [1.82, 2.24) is 24.3 Å². The highest BCUT2D eigenvalue weighted by Gasteiger charge is 2.24. The molecule has 0 saturated heterocycles. The Morgan fingerprint density at radius 2 is 1.96 bits per heavy atom. The van der Waals surface area contributed by atoms with Gasteiger partial charge < -0.3 is 0 Å². The second-order valence-corrected chi connectivity index (χ2v) is 7.26. The highest BCUT2D eigenvalue weighted by molar-refractivity contribution is 7.89. The molecule has 0 fully saturated rings. The topological polar surface area (TPSA) is 83.9 Å². The summed E-state index contributed by atoms with van der Waals surface area (Å²) in [7, 11) is -2.03. The summed E-state index contributed by atoms with van der Waals surface area (Å²) in [6, 6.07) is 9.66. The first-order valence-electron chi connectivity index (χ1n) is 7.04. The van der Waals surface area contributed by atoms with Crippen LogP contribution in [0, 0.1) is 6.92 Å². The molecule has 0 aliphatic rings. The lowest BCUT2D eigenvalue weighted by atomic mass is 10.3. The summed E-state index contributed by atoms with van der Waals surface area (Å²) < 4.78 is 28.1. The van der Waals surface area contributed by atoms with E-state index in [0.29, 0.717) is 5.69 Å². The minimum absolute atomic E-state index is 0.190. The third-order valence-electron chi connectivity index (χ3n) is 3.53. The Bertz CT molecular complexity index is 899. The summed E-state index contributed by atoms with van der Waals surface area (Å²) in [5.74, 6) is 0. The number of benzene rings is 1. The van der Waals surface area contributed by atoms with Crippen LogP contribution in [0.25, 0.3) is 5.69 Å². The molecule has 23 heavy (non-hydrogen) atoms. The zero-order valence-corrected chi connectivity index (χ0v) is 13.7. The number of sulfonamides is 1. The SMILES string of the molecule is Cc1[nH]ncc1S(=O)(=O)N(C)Cc1cnn(-c2ccccc2)c1. The highest BCUT2D eigenvalue weighted by atomic mass is 32.2. The van der Waals surface area contributed by atoms with Crippen LogP contribution in [0.1, 0.15) is 11.3 Å². The predicted octanol–water partition coefficient (Wildman–Crippen LogP) is 1.72. The van der Waals surface area contributed by atoms with Gasteiger partial charge in [0.1, 0.15) is 4.90 Å². The maximum absolute atomic E-state index is 12.5. The molecule has 7 nitrogen and oxygen atoms in total. The Morgan fingerprint density at radius 3 is 2.61 bits per heavy atom. The van der Waals surface area contributed by atoms with Gasteiger partial charge in [-0.1, -0.05) is 18.2 Å². The lowest BCUT2D eigenvalue weighted by molar-refractivity contribution is 0.466. The molecule has 0 aliphatic heterocycles. The van der Waals surface area contributed by atoms with Crippen molar-refractivity contribution in [2.75, 3.05) is 7.05 Å². The number of hydrogen-bond donors (Lipinski definition) is 1. The molecule has 0 saturated carbocycles. The van der Waals surface area contributed by atoms with Crippen molar-refractivity contribution in [1.29, 1.82) is 0 Å². The van der Waals surface area contributed by atoms with Crippen LogP contribution in [-0.4, -0.2) is 39.7 Å². The predicted molar refractivity (Wildman–Crippen MR) is 85.5 cm³/mol. The molecule has 0 spiro atoms. The lowest BCUT2D eigenvalue weighted by Gasteiger charge is -2.15. The van der Waals surface area contributed by atoms with E-state index in [1.807, 2.05) is 36.5 Å². The summed E-state index contributed by atoms with van der Waals surface area (Å²) >= 11 is 0. The second kappa shape index (κ2) is 5.98. The van der Waals surface area contributed by atoms with Crippen molar-refractivity contribution in [3.63, 3.8) is 0 Å². The number of nitrogens with one attached hydrogen (secondary N) is 1. The van der Waals surface area contributed by atoms with Crippen LogP contribution >= 0.6 is 0 Å². The van der Waals surface area contributed by atoms with E-state index in [1.54, 1.807) is 24.9 Å².